The molecule has 0 aromatic heterocycles. The van der Waals surface area contributed by atoms with E-state index in [0.29, 0.717) is 26.2 Å². The monoisotopic (exact) mass is 293 g/mol. The van der Waals surface area contributed by atoms with Crippen molar-refractivity contribution in [1.82, 2.24) is 5.32 Å². The van der Waals surface area contributed by atoms with Gasteiger partial charge in [-0.1, -0.05) is 12.1 Å². The van der Waals surface area contributed by atoms with Gasteiger partial charge in [-0.25, -0.2) is 0 Å². The SMILES string of the molecule is O=C(Cc1ccc(O)cc1)NCCCOCC1CCCO1. The molecular weight excluding hydrogens is 270 g/mol. The third-order valence-electron chi connectivity index (χ3n) is 3.42. The number of benzene rings is 1. The quantitative estimate of drug-likeness (QED) is 0.715. The number of phenolic OH excluding ortho intramolecular Hbond substituents is 1. The molecule has 2 rings (SSSR count). The third kappa shape index (κ3) is 6.14. The van der Waals surface area contributed by atoms with E-state index in [9.17, 15) is 4.79 Å². The first kappa shape index (κ1) is 15.8. The third-order valence-corrected chi connectivity index (χ3v) is 3.42. The van der Waals surface area contributed by atoms with Gasteiger partial charge in [0.15, 0.2) is 0 Å². The lowest BCUT2D eigenvalue weighted by Crippen LogP contribution is -2.27. The Morgan fingerprint density at radius 3 is 2.90 bits per heavy atom. The van der Waals surface area contributed by atoms with Gasteiger partial charge < -0.3 is 19.9 Å². The minimum Gasteiger partial charge on any atom is -0.508 e. The molecule has 1 saturated heterocycles. The zero-order valence-corrected chi connectivity index (χ0v) is 12.2. The summed E-state index contributed by atoms with van der Waals surface area (Å²) < 4.78 is 11.0. The second kappa shape index (κ2) is 8.64. The fourth-order valence-corrected chi connectivity index (χ4v) is 2.25. The highest BCUT2D eigenvalue weighted by atomic mass is 16.5. The van der Waals surface area contributed by atoms with E-state index < -0.39 is 0 Å². The average Bonchev–Trinajstić information content (AvgIpc) is 2.98. The van der Waals surface area contributed by atoms with Gasteiger partial charge in [-0.05, 0) is 37.0 Å². The van der Waals surface area contributed by atoms with Crippen molar-refractivity contribution in [2.75, 3.05) is 26.4 Å². The molecule has 0 aliphatic carbocycles. The van der Waals surface area contributed by atoms with E-state index in [-0.39, 0.29) is 17.8 Å². The Morgan fingerprint density at radius 1 is 1.38 bits per heavy atom. The van der Waals surface area contributed by atoms with Crippen molar-refractivity contribution in [3.63, 3.8) is 0 Å². The van der Waals surface area contributed by atoms with Crippen LogP contribution in [0.2, 0.25) is 0 Å². The van der Waals surface area contributed by atoms with Crippen LogP contribution in [0.15, 0.2) is 24.3 Å². The molecule has 116 valence electrons. The van der Waals surface area contributed by atoms with Crippen molar-refractivity contribution in [2.45, 2.75) is 31.8 Å². The van der Waals surface area contributed by atoms with Crippen molar-refractivity contribution >= 4 is 5.91 Å². The number of rotatable bonds is 8. The van der Waals surface area contributed by atoms with E-state index in [1.807, 2.05) is 0 Å². The summed E-state index contributed by atoms with van der Waals surface area (Å²) in [6.45, 7) is 2.75. The molecular formula is C16H23NO4. The minimum absolute atomic E-state index is 0.0141. The van der Waals surface area contributed by atoms with Gasteiger partial charge in [-0.3, -0.25) is 4.79 Å². The summed E-state index contributed by atoms with van der Waals surface area (Å²) in [4.78, 5) is 11.7. The number of hydrogen-bond donors (Lipinski definition) is 2. The van der Waals surface area contributed by atoms with Gasteiger partial charge in [-0.15, -0.1) is 0 Å². The maximum absolute atomic E-state index is 11.7. The molecule has 0 saturated carbocycles. The molecule has 1 fully saturated rings. The molecule has 1 aromatic carbocycles. The van der Waals surface area contributed by atoms with Crippen LogP contribution in [0.5, 0.6) is 5.75 Å². The number of ether oxygens (including phenoxy) is 2. The lowest BCUT2D eigenvalue weighted by atomic mass is 10.1. The Morgan fingerprint density at radius 2 is 2.19 bits per heavy atom. The second-order valence-corrected chi connectivity index (χ2v) is 5.26. The van der Waals surface area contributed by atoms with Gasteiger partial charge in [0.05, 0.1) is 19.1 Å². The maximum atomic E-state index is 11.7. The molecule has 1 heterocycles. The predicted octanol–water partition coefficient (Wildman–Crippen LogP) is 1.64. The average molecular weight is 293 g/mol. The maximum Gasteiger partial charge on any atom is 0.224 e. The van der Waals surface area contributed by atoms with Crippen molar-refractivity contribution in [3.05, 3.63) is 29.8 Å². The Hall–Kier alpha value is -1.59. The standard InChI is InChI=1S/C16H23NO4/c18-14-6-4-13(5-7-14)11-16(19)17-8-2-9-20-12-15-3-1-10-21-15/h4-7,15,18H,1-3,8-12H2,(H,17,19). The van der Waals surface area contributed by atoms with Gasteiger partial charge in [0.25, 0.3) is 0 Å². The Bertz CT molecular complexity index is 426. The Balaban J connectivity index is 1.49. The molecule has 0 radical (unpaired) electrons. The van der Waals surface area contributed by atoms with E-state index in [2.05, 4.69) is 5.32 Å². The van der Waals surface area contributed by atoms with Crippen LogP contribution in [0, 0.1) is 0 Å². The molecule has 1 amide bonds. The topological polar surface area (TPSA) is 67.8 Å². The summed E-state index contributed by atoms with van der Waals surface area (Å²) in [7, 11) is 0. The summed E-state index contributed by atoms with van der Waals surface area (Å²) in [6, 6.07) is 6.67. The zero-order chi connectivity index (χ0) is 14.9. The molecule has 1 aromatic rings. The molecule has 21 heavy (non-hydrogen) atoms. The molecule has 1 atom stereocenters. The van der Waals surface area contributed by atoms with Gasteiger partial charge in [-0.2, -0.15) is 0 Å². The first-order valence-electron chi connectivity index (χ1n) is 7.48. The number of nitrogens with one attached hydrogen (secondary N) is 1. The van der Waals surface area contributed by atoms with Crippen molar-refractivity contribution in [1.29, 1.82) is 0 Å². The summed E-state index contributed by atoms with van der Waals surface area (Å²) in [5, 5.41) is 12.0. The summed E-state index contributed by atoms with van der Waals surface area (Å²) in [5.41, 5.74) is 0.889. The van der Waals surface area contributed by atoms with Crippen molar-refractivity contribution in [2.24, 2.45) is 0 Å². The minimum atomic E-state index is -0.0141. The lowest BCUT2D eigenvalue weighted by Gasteiger charge is -2.10. The second-order valence-electron chi connectivity index (χ2n) is 5.26. The van der Waals surface area contributed by atoms with Crippen LogP contribution in [0.1, 0.15) is 24.8 Å². The van der Waals surface area contributed by atoms with E-state index in [4.69, 9.17) is 14.6 Å². The smallest absolute Gasteiger partial charge is 0.224 e. The molecule has 1 aliphatic rings. The van der Waals surface area contributed by atoms with Gasteiger partial charge in [0.1, 0.15) is 5.75 Å². The van der Waals surface area contributed by atoms with Gasteiger partial charge in [0.2, 0.25) is 5.91 Å². The highest BCUT2D eigenvalue weighted by molar-refractivity contribution is 5.78. The van der Waals surface area contributed by atoms with Gasteiger partial charge in [0, 0.05) is 19.8 Å². The molecule has 1 aliphatic heterocycles. The van der Waals surface area contributed by atoms with Crippen LogP contribution in [-0.4, -0.2) is 43.5 Å². The van der Waals surface area contributed by atoms with Gasteiger partial charge >= 0.3 is 0 Å². The van der Waals surface area contributed by atoms with Crippen molar-refractivity contribution in [3.8, 4) is 5.75 Å². The first-order valence-corrected chi connectivity index (χ1v) is 7.48. The predicted molar refractivity (Wildman–Crippen MR) is 79.2 cm³/mol. The molecule has 1 unspecified atom stereocenters. The number of carbonyl (C=O) groups is 1. The molecule has 0 bridgehead atoms. The van der Waals surface area contributed by atoms with E-state index >= 15 is 0 Å². The number of hydrogen-bond acceptors (Lipinski definition) is 4. The lowest BCUT2D eigenvalue weighted by molar-refractivity contribution is -0.120. The van der Waals surface area contributed by atoms with Crippen LogP contribution in [0.4, 0.5) is 0 Å². The summed E-state index contributed by atoms with van der Waals surface area (Å²) >= 11 is 0. The van der Waals surface area contributed by atoms with Crippen LogP contribution < -0.4 is 5.32 Å². The first-order chi connectivity index (χ1) is 10.2. The normalized spacial score (nSPS) is 17.8. The van der Waals surface area contributed by atoms with Crippen LogP contribution in [0.25, 0.3) is 0 Å². The summed E-state index contributed by atoms with van der Waals surface area (Å²) in [6.07, 6.45) is 3.60. The summed E-state index contributed by atoms with van der Waals surface area (Å²) in [5.74, 6) is 0.197. The number of phenols is 1. The van der Waals surface area contributed by atoms with Crippen LogP contribution >= 0.6 is 0 Å². The molecule has 5 heteroatoms. The zero-order valence-electron chi connectivity index (χ0n) is 12.2. The van der Waals surface area contributed by atoms with Crippen LogP contribution in [0.3, 0.4) is 0 Å². The molecule has 2 N–H and O–H groups in total. The fourth-order valence-electron chi connectivity index (χ4n) is 2.25. The van der Waals surface area contributed by atoms with Crippen LogP contribution in [-0.2, 0) is 20.7 Å². The Labute approximate surface area is 125 Å². The van der Waals surface area contributed by atoms with Crippen molar-refractivity contribution < 1.29 is 19.4 Å². The largest absolute Gasteiger partial charge is 0.508 e. The Kier molecular flexibility index (Phi) is 6.50. The number of carbonyl (C=O) groups excluding carboxylic acids is 1. The van der Waals surface area contributed by atoms with E-state index in [0.717, 1.165) is 31.4 Å². The highest BCUT2D eigenvalue weighted by Crippen LogP contribution is 2.12. The molecule has 0 spiro atoms. The molecule has 5 nitrogen and oxygen atoms in total. The van der Waals surface area contributed by atoms with E-state index in [1.165, 1.54) is 0 Å². The number of amides is 1. The van der Waals surface area contributed by atoms with E-state index in [1.54, 1.807) is 24.3 Å². The fraction of sp³-hybridized carbons (Fsp3) is 0.562. The highest BCUT2D eigenvalue weighted by Gasteiger charge is 2.14. The number of aromatic hydroxyl groups is 1.